The summed E-state index contributed by atoms with van der Waals surface area (Å²) in [6.07, 6.45) is 0. The van der Waals surface area contributed by atoms with E-state index in [9.17, 15) is 0 Å². The average molecular weight is 638 g/mol. The van der Waals surface area contributed by atoms with Crippen LogP contribution in [0, 0.1) is 0 Å². The monoisotopic (exact) mass is 637 g/mol. The average Bonchev–Trinajstić information content (AvgIpc) is 3.59. The Morgan fingerprint density at radius 3 is 1.70 bits per heavy atom. The molecule has 0 bridgehead atoms. The van der Waals surface area contributed by atoms with Crippen LogP contribution in [0.3, 0.4) is 0 Å². The van der Waals surface area contributed by atoms with Crippen molar-refractivity contribution in [2.45, 2.75) is 0 Å². The third-order valence-corrected chi connectivity index (χ3v) is 10.0. The SMILES string of the molecule is c1ccc(-c2ccc(N(c3ccc4ccc5ccccc5c4c3)c3cc4ccccc4c4c3oc3ccccc34)cc2-c2ccccc2)cc1. The quantitative estimate of drug-likeness (QED) is 0.175. The van der Waals surface area contributed by atoms with Gasteiger partial charge in [0, 0.05) is 22.1 Å². The second-order valence-corrected chi connectivity index (χ2v) is 12.9. The summed E-state index contributed by atoms with van der Waals surface area (Å²) in [5, 5.41) is 9.51. The lowest BCUT2D eigenvalue weighted by Gasteiger charge is -2.28. The Balaban J connectivity index is 1.31. The molecule has 2 heteroatoms. The number of fused-ring (bicyclic) bond motifs is 8. The molecule has 50 heavy (non-hydrogen) atoms. The van der Waals surface area contributed by atoms with Gasteiger partial charge in [0.2, 0.25) is 0 Å². The van der Waals surface area contributed by atoms with Crippen LogP contribution in [-0.2, 0) is 0 Å². The van der Waals surface area contributed by atoms with Gasteiger partial charge in [-0.2, -0.15) is 0 Å². The zero-order valence-electron chi connectivity index (χ0n) is 27.3. The molecule has 1 heterocycles. The number of anilines is 3. The first-order valence-electron chi connectivity index (χ1n) is 17.1. The van der Waals surface area contributed by atoms with Gasteiger partial charge in [0.1, 0.15) is 5.58 Å². The molecule has 0 N–H and O–H groups in total. The van der Waals surface area contributed by atoms with Crippen molar-refractivity contribution in [1.82, 2.24) is 0 Å². The summed E-state index contributed by atoms with van der Waals surface area (Å²) in [6.45, 7) is 0. The van der Waals surface area contributed by atoms with Gasteiger partial charge >= 0.3 is 0 Å². The second-order valence-electron chi connectivity index (χ2n) is 12.9. The predicted molar refractivity (Wildman–Crippen MR) is 212 cm³/mol. The summed E-state index contributed by atoms with van der Waals surface area (Å²) in [4.78, 5) is 2.39. The van der Waals surface area contributed by atoms with E-state index < -0.39 is 0 Å². The number of hydrogen-bond acceptors (Lipinski definition) is 2. The molecule has 0 saturated heterocycles. The van der Waals surface area contributed by atoms with Gasteiger partial charge in [-0.05, 0) is 91.0 Å². The van der Waals surface area contributed by atoms with E-state index in [4.69, 9.17) is 4.42 Å². The van der Waals surface area contributed by atoms with Gasteiger partial charge in [-0.1, -0.05) is 152 Å². The molecule has 234 valence electrons. The highest BCUT2D eigenvalue weighted by Crippen LogP contribution is 2.47. The molecule has 0 radical (unpaired) electrons. The van der Waals surface area contributed by atoms with E-state index >= 15 is 0 Å². The highest BCUT2D eigenvalue weighted by atomic mass is 16.3. The molecule has 10 rings (SSSR count). The summed E-state index contributed by atoms with van der Waals surface area (Å²) in [7, 11) is 0. The minimum Gasteiger partial charge on any atom is -0.454 e. The van der Waals surface area contributed by atoms with E-state index in [1.54, 1.807) is 0 Å². The summed E-state index contributed by atoms with van der Waals surface area (Å²) in [6, 6.07) is 67.5. The van der Waals surface area contributed by atoms with Gasteiger partial charge in [-0.15, -0.1) is 0 Å². The van der Waals surface area contributed by atoms with Crippen molar-refractivity contribution in [3.63, 3.8) is 0 Å². The highest BCUT2D eigenvalue weighted by Gasteiger charge is 2.23. The van der Waals surface area contributed by atoms with Crippen molar-refractivity contribution in [2.24, 2.45) is 0 Å². The highest BCUT2D eigenvalue weighted by molar-refractivity contribution is 6.23. The first-order chi connectivity index (χ1) is 24.8. The number of hydrogen-bond donors (Lipinski definition) is 0. The molecule has 1 aromatic heterocycles. The van der Waals surface area contributed by atoms with Crippen LogP contribution >= 0.6 is 0 Å². The summed E-state index contributed by atoms with van der Waals surface area (Å²) < 4.78 is 6.84. The number of para-hydroxylation sites is 1. The minimum absolute atomic E-state index is 0.872. The fourth-order valence-corrected chi connectivity index (χ4v) is 7.68. The Morgan fingerprint density at radius 1 is 0.360 bits per heavy atom. The van der Waals surface area contributed by atoms with Crippen molar-refractivity contribution >= 4 is 71.3 Å². The van der Waals surface area contributed by atoms with Crippen LogP contribution < -0.4 is 4.90 Å². The van der Waals surface area contributed by atoms with Crippen molar-refractivity contribution in [3.05, 3.63) is 188 Å². The molecule has 0 spiro atoms. The van der Waals surface area contributed by atoms with E-state index in [0.29, 0.717) is 0 Å². The Labute approximate surface area is 290 Å². The lowest BCUT2D eigenvalue weighted by Crippen LogP contribution is -2.11. The normalized spacial score (nSPS) is 11.6. The Morgan fingerprint density at radius 2 is 0.920 bits per heavy atom. The maximum Gasteiger partial charge on any atom is 0.160 e. The summed E-state index contributed by atoms with van der Waals surface area (Å²) in [5.74, 6) is 0. The Kier molecular flexibility index (Phi) is 6.53. The number of nitrogens with zero attached hydrogens (tertiary/aromatic N) is 1. The molecule has 9 aromatic carbocycles. The van der Waals surface area contributed by atoms with Crippen LogP contribution in [0.1, 0.15) is 0 Å². The predicted octanol–water partition coefficient (Wildman–Crippen LogP) is 13.8. The number of benzene rings is 9. The van der Waals surface area contributed by atoms with Crippen molar-refractivity contribution in [3.8, 4) is 22.3 Å². The minimum atomic E-state index is 0.872. The third-order valence-electron chi connectivity index (χ3n) is 10.0. The van der Waals surface area contributed by atoms with Gasteiger partial charge in [0.15, 0.2) is 5.58 Å². The van der Waals surface area contributed by atoms with Gasteiger partial charge in [0.25, 0.3) is 0 Å². The number of rotatable bonds is 5. The first kappa shape index (κ1) is 28.4. The molecule has 10 aromatic rings. The molecule has 0 aliphatic rings. The molecule has 0 aliphatic heterocycles. The van der Waals surface area contributed by atoms with Gasteiger partial charge in [-0.25, -0.2) is 0 Å². The molecule has 0 unspecified atom stereocenters. The zero-order valence-corrected chi connectivity index (χ0v) is 27.3. The van der Waals surface area contributed by atoms with Gasteiger partial charge in [-0.3, -0.25) is 0 Å². The third kappa shape index (κ3) is 4.57. The van der Waals surface area contributed by atoms with E-state index in [-0.39, 0.29) is 0 Å². The fraction of sp³-hybridized carbons (Fsp3) is 0. The lowest BCUT2D eigenvalue weighted by atomic mass is 9.93. The Bertz CT molecular complexity index is 2870. The molecule has 0 fully saturated rings. The van der Waals surface area contributed by atoms with Crippen molar-refractivity contribution < 1.29 is 4.42 Å². The van der Waals surface area contributed by atoms with Crippen molar-refractivity contribution in [2.75, 3.05) is 4.90 Å². The largest absolute Gasteiger partial charge is 0.454 e. The van der Waals surface area contributed by atoms with Crippen LogP contribution in [-0.4, -0.2) is 0 Å². The Hall–Kier alpha value is -6.64. The standard InChI is InChI=1S/C48H31NO/c1-3-13-32(14-4-1)40-28-27-38(31-43(40)33-15-5-2-6-16-33)49(37-26-25-35-24-23-34-17-7-9-19-39(34)44(35)30-37)45-29-36-18-8-10-20-41(36)47-42-21-11-12-22-46(42)50-48(45)47/h1-31H. The van der Waals surface area contributed by atoms with E-state index in [2.05, 4.69) is 187 Å². The molecule has 0 saturated carbocycles. The van der Waals surface area contributed by atoms with Crippen LogP contribution in [0.25, 0.3) is 76.5 Å². The second kappa shape index (κ2) is 11.5. The fourth-order valence-electron chi connectivity index (χ4n) is 7.68. The van der Waals surface area contributed by atoms with Crippen molar-refractivity contribution in [1.29, 1.82) is 0 Å². The maximum absolute atomic E-state index is 6.84. The van der Waals surface area contributed by atoms with Crippen LogP contribution in [0.5, 0.6) is 0 Å². The zero-order chi connectivity index (χ0) is 33.0. The van der Waals surface area contributed by atoms with E-state index in [0.717, 1.165) is 39.0 Å². The molecular weight excluding hydrogens is 607 g/mol. The summed E-state index contributed by atoms with van der Waals surface area (Å²) >= 11 is 0. The topological polar surface area (TPSA) is 16.4 Å². The van der Waals surface area contributed by atoms with Crippen LogP contribution in [0.15, 0.2) is 192 Å². The van der Waals surface area contributed by atoms with Crippen LogP contribution in [0.4, 0.5) is 17.1 Å². The first-order valence-corrected chi connectivity index (χ1v) is 17.1. The molecular formula is C48H31NO. The molecule has 0 aliphatic carbocycles. The van der Waals surface area contributed by atoms with Gasteiger partial charge < -0.3 is 9.32 Å². The molecule has 0 amide bonds. The van der Waals surface area contributed by atoms with E-state index in [1.165, 1.54) is 54.6 Å². The van der Waals surface area contributed by atoms with E-state index in [1.807, 2.05) is 6.07 Å². The smallest absolute Gasteiger partial charge is 0.160 e. The maximum atomic E-state index is 6.84. The lowest BCUT2D eigenvalue weighted by molar-refractivity contribution is 0.669. The molecule has 0 atom stereocenters. The number of furan rings is 1. The van der Waals surface area contributed by atoms with Crippen LogP contribution in [0.2, 0.25) is 0 Å². The van der Waals surface area contributed by atoms with Gasteiger partial charge in [0.05, 0.1) is 5.69 Å². The summed E-state index contributed by atoms with van der Waals surface area (Å²) in [5.41, 5.74) is 9.60. The molecule has 2 nitrogen and oxygen atoms in total.